The summed E-state index contributed by atoms with van der Waals surface area (Å²) in [6.07, 6.45) is 0.468. The van der Waals surface area contributed by atoms with E-state index in [1.807, 2.05) is 31.0 Å². The number of nitrogens with zero attached hydrogens (tertiary/aromatic N) is 3. The van der Waals surface area contributed by atoms with Gasteiger partial charge in [0.15, 0.2) is 16.4 Å². The maximum absolute atomic E-state index is 13.4. The van der Waals surface area contributed by atoms with Crippen LogP contribution in [0, 0.1) is 16.7 Å². The Bertz CT molecular complexity index is 936. The molecule has 6 rings (SSSR count). The molecule has 2 bridgehead atoms. The van der Waals surface area contributed by atoms with Crippen molar-refractivity contribution < 1.29 is 19.0 Å². The number of rotatable bonds is 2. The van der Waals surface area contributed by atoms with Crippen molar-refractivity contribution in [3.63, 3.8) is 0 Å². The molecule has 148 valence electrons. The predicted molar refractivity (Wildman–Crippen MR) is 106 cm³/mol. The first-order valence-corrected chi connectivity index (χ1v) is 11.2. The molecule has 7 nitrogen and oxygen atoms in total. The van der Waals surface area contributed by atoms with Crippen LogP contribution in [0.3, 0.4) is 0 Å². The molecule has 0 N–H and O–H groups in total. The molecule has 4 atom stereocenters. The number of carbonyl (C=O) groups is 1. The molecule has 0 aromatic heterocycles. The second kappa shape index (κ2) is 5.65. The van der Waals surface area contributed by atoms with E-state index in [9.17, 15) is 10.1 Å². The van der Waals surface area contributed by atoms with E-state index in [-0.39, 0.29) is 23.6 Å². The van der Waals surface area contributed by atoms with Gasteiger partial charge in [0.05, 0.1) is 24.6 Å². The summed E-state index contributed by atoms with van der Waals surface area (Å²) >= 11 is 0. The van der Waals surface area contributed by atoms with Gasteiger partial charge >= 0.3 is 0 Å². The van der Waals surface area contributed by atoms with Crippen LogP contribution in [0.25, 0.3) is 0 Å². The molecule has 28 heavy (non-hydrogen) atoms. The number of hydrogen-bond acceptors (Lipinski definition) is 8. The van der Waals surface area contributed by atoms with Crippen molar-refractivity contribution in [2.24, 2.45) is 5.41 Å². The molecular formula is C19H21N3O4S2. The molecule has 5 aliphatic heterocycles. The van der Waals surface area contributed by atoms with Crippen LogP contribution >= 0.6 is 21.6 Å². The summed E-state index contributed by atoms with van der Waals surface area (Å²) in [5.41, 5.74) is 0.116. The molecule has 4 saturated heterocycles. The topological polar surface area (TPSA) is 75.0 Å². The highest BCUT2D eigenvalue weighted by molar-refractivity contribution is 8.78. The van der Waals surface area contributed by atoms with E-state index in [0.29, 0.717) is 30.2 Å². The number of carbonyl (C=O) groups excluding carboxylic acids is 1. The smallest absolute Gasteiger partial charge is 0.255 e. The third-order valence-corrected chi connectivity index (χ3v) is 10.3. The Balaban J connectivity index is 1.70. The number of methoxy groups -OCH3 is 1. The minimum atomic E-state index is -0.749. The van der Waals surface area contributed by atoms with Gasteiger partial charge in [-0.2, -0.15) is 5.26 Å². The number of benzene rings is 1. The molecular weight excluding hydrogens is 398 g/mol. The Morgan fingerprint density at radius 3 is 2.82 bits per heavy atom. The summed E-state index contributed by atoms with van der Waals surface area (Å²) in [4.78, 5) is 16.4. The van der Waals surface area contributed by atoms with Crippen molar-refractivity contribution in [1.82, 2.24) is 9.80 Å². The van der Waals surface area contributed by atoms with Crippen LogP contribution in [0.15, 0.2) is 12.1 Å². The van der Waals surface area contributed by atoms with Gasteiger partial charge in [0.25, 0.3) is 5.91 Å². The maximum Gasteiger partial charge on any atom is 0.255 e. The predicted octanol–water partition coefficient (Wildman–Crippen LogP) is 2.98. The number of hydrogen-bond donors (Lipinski definition) is 0. The molecule has 5 aliphatic rings. The molecule has 0 radical (unpaired) electrons. The van der Waals surface area contributed by atoms with Crippen LogP contribution in [0.2, 0.25) is 0 Å². The third kappa shape index (κ3) is 2.03. The Hall–Kier alpha value is -1.76. The summed E-state index contributed by atoms with van der Waals surface area (Å²) in [5.74, 6) is 1.87. The van der Waals surface area contributed by atoms with Gasteiger partial charge in [-0.05, 0) is 26.0 Å². The lowest BCUT2D eigenvalue weighted by Crippen LogP contribution is -2.71. The Kier molecular flexibility index (Phi) is 3.69. The van der Waals surface area contributed by atoms with E-state index < -0.39 is 10.3 Å². The highest BCUT2D eigenvalue weighted by Gasteiger charge is 2.71. The zero-order chi connectivity index (χ0) is 19.9. The summed E-state index contributed by atoms with van der Waals surface area (Å²) in [6.45, 7) is 4.87. The Morgan fingerprint density at radius 1 is 1.32 bits per heavy atom. The van der Waals surface area contributed by atoms with Crippen LogP contribution in [-0.2, 0) is 4.79 Å². The molecule has 5 heterocycles. The largest absolute Gasteiger partial charge is 0.492 e. The summed E-state index contributed by atoms with van der Waals surface area (Å²) in [6, 6.07) is 6.05. The van der Waals surface area contributed by atoms with Gasteiger partial charge in [0, 0.05) is 25.6 Å². The van der Waals surface area contributed by atoms with Crippen molar-refractivity contribution in [3.8, 4) is 23.3 Å². The highest BCUT2D eigenvalue weighted by atomic mass is 33.1. The van der Waals surface area contributed by atoms with Crippen molar-refractivity contribution in [1.29, 1.82) is 5.26 Å². The van der Waals surface area contributed by atoms with E-state index >= 15 is 0 Å². The zero-order valence-corrected chi connectivity index (χ0v) is 17.8. The van der Waals surface area contributed by atoms with Gasteiger partial charge in [0.2, 0.25) is 12.5 Å². The number of fused-ring (bicyclic) bond motifs is 3. The summed E-state index contributed by atoms with van der Waals surface area (Å²) in [5, 5.41) is 10.2. The van der Waals surface area contributed by atoms with Gasteiger partial charge in [0.1, 0.15) is 4.87 Å². The maximum atomic E-state index is 13.4. The molecule has 1 amide bonds. The SMILES string of the molecule is COc1c(C2N3CC4(C)SSC3(C[C@]2(C)C#N)C(=O)N4C)ccc2c1OCO2. The Morgan fingerprint density at radius 2 is 2.11 bits per heavy atom. The fourth-order valence-corrected chi connectivity index (χ4v) is 8.58. The lowest BCUT2D eigenvalue weighted by Gasteiger charge is -2.58. The van der Waals surface area contributed by atoms with Crippen LogP contribution in [0.4, 0.5) is 0 Å². The van der Waals surface area contributed by atoms with E-state index in [0.717, 1.165) is 5.56 Å². The second-order valence-corrected chi connectivity index (χ2v) is 11.0. The number of piperazine rings is 1. The Labute approximate surface area is 171 Å². The van der Waals surface area contributed by atoms with Crippen LogP contribution in [-0.4, -0.2) is 52.9 Å². The average molecular weight is 420 g/mol. The zero-order valence-electron chi connectivity index (χ0n) is 16.1. The van der Waals surface area contributed by atoms with E-state index in [1.54, 1.807) is 28.7 Å². The normalized spacial score (nSPS) is 38.5. The van der Waals surface area contributed by atoms with Crippen molar-refractivity contribution >= 4 is 27.5 Å². The van der Waals surface area contributed by atoms with Gasteiger partial charge in [-0.25, -0.2) is 0 Å². The van der Waals surface area contributed by atoms with Crippen LogP contribution < -0.4 is 14.2 Å². The summed E-state index contributed by atoms with van der Waals surface area (Å²) in [7, 11) is 6.79. The third-order valence-electron chi connectivity index (χ3n) is 6.44. The highest BCUT2D eigenvalue weighted by Crippen LogP contribution is 2.69. The average Bonchev–Trinajstić information content (AvgIpc) is 3.26. The lowest BCUT2D eigenvalue weighted by molar-refractivity contribution is -0.147. The minimum Gasteiger partial charge on any atom is -0.492 e. The van der Waals surface area contributed by atoms with E-state index in [2.05, 4.69) is 17.9 Å². The van der Waals surface area contributed by atoms with Crippen LogP contribution in [0.1, 0.15) is 31.9 Å². The molecule has 9 heteroatoms. The molecule has 0 saturated carbocycles. The molecule has 1 aromatic carbocycles. The van der Waals surface area contributed by atoms with Gasteiger partial charge in [-0.3, -0.25) is 9.69 Å². The fourth-order valence-electron chi connectivity index (χ4n) is 4.92. The van der Waals surface area contributed by atoms with Crippen LogP contribution in [0.5, 0.6) is 17.2 Å². The van der Waals surface area contributed by atoms with Gasteiger partial charge < -0.3 is 19.1 Å². The molecule has 4 fully saturated rings. The van der Waals surface area contributed by atoms with E-state index in [4.69, 9.17) is 14.2 Å². The summed E-state index contributed by atoms with van der Waals surface area (Å²) < 4.78 is 16.9. The minimum absolute atomic E-state index is 0.0775. The molecule has 0 aliphatic carbocycles. The standard InChI is InChI=1S/C19H21N3O4S2/c1-17(8-20)7-19-16(23)21(3)18(2,27-28-19)9-22(19)15(17)11-5-6-12-14(13(11)24-4)26-10-25-12/h5-6,15H,7,9-10H2,1-4H3/t15?,17-,18?,19?/m1/s1. The first-order valence-electron chi connectivity index (χ1n) is 9.09. The van der Waals surface area contributed by atoms with Gasteiger partial charge in [-0.1, -0.05) is 21.6 Å². The second-order valence-electron chi connectivity index (χ2n) is 8.15. The quantitative estimate of drug-likeness (QED) is 0.678. The first-order chi connectivity index (χ1) is 13.3. The molecule has 1 spiro atoms. The number of likely N-dealkylation sites (N-methyl/N-ethyl adjacent to an activating group) is 1. The number of ether oxygens (including phenoxy) is 3. The van der Waals surface area contributed by atoms with Gasteiger partial charge in [-0.15, -0.1) is 0 Å². The van der Waals surface area contributed by atoms with Crippen molar-refractivity contribution in [2.75, 3.05) is 27.5 Å². The van der Waals surface area contributed by atoms with Crippen molar-refractivity contribution in [3.05, 3.63) is 17.7 Å². The van der Waals surface area contributed by atoms with E-state index in [1.165, 1.54) is 0 Å². The first kappa shape index (κ1) is 18.3. The number of amides is 1. The monoisotopic (exact) mass is 419 g/mol. The lowest BCUT2D eigenvalue weighted by atomic mass is 9.79. The van der Waals surface area contributed by atoms with Crippen molar-refractivity contribution in [2.45, 2.75) is 36.1 Å². The molecule has 1 aromatic rings. The molecule has 3 unspecified atom stereocenters. The fraction of sp³-hybridized carbons (Fsp3) is 0.579. The number of nitriles is 1.